The topological polar surface area (TPSA) is 86.7 Å². The Bertz CT molecular complexity index is 532. The van der Waals surface area contributed by atoms with Gasteiger partial charge in [-0.3, -0.25) is 4.79 Å². The number of benzene rings is 1. The summed E-state index contributed by atoms with van der Waals surface area (Å²) >= 11 is 0. The molecule has 0 spiro atoms. The smallest absolute Gasteiger partial charge is 0.244 e. The molecule has 0 saturated heterocycles. The van der Waals surface area contributed by atoms with E-state index in [1.54, 1.807) is 13.8 Å². The number of carbonyl (C=O) groups is 1. The first-order valence-electron chi connectivity index (χ1n) is 5.17. The summed E-state index contributed by atoms with van der Waals surface area (Å²) in [4.78, 5) is 11.4. The summed E-state index contributed by atoms with van der Waals surface area (Å²) in [7, 11) is 0. The van der Waals surface area contributed by atoms with E-state index in [1.165, 1.54) is 4.68 Å². The second-order valence-corrected chi connectivity index (χ2v) is 4.20. The molecule has 6 nitrogen and oxygen atoms in total. The van der Waals surface area contributed by atoms with Crippen LogP contribution in [0, 0.1) is 0 Å². The minimum absolute atomic E-state index is 0.484. The summed E-state index contributed by atoms with van der Waals surface area (Å²) in [6, 6.07) is 9.41. The molecular formula is C11H13N5O. The molecule has 0 aliphatic rings. The maximum absolute atomic E-state index is 11.4. The van der Waals surface area contributed by atoms with Gasteiger partial charge >= 0.3 is 0 Å². The summed E-state index contributed by atoms with van der Waals surface area (Å²) in [5.41, 5.74) is 5.23. The van der Waals surface area contributed by atoms with Gasteiger partial charge in [-0.2, -0.15) is 0 Å². The molecule has 6 heteroatoms. The third-order valence-electron chi connectivity index (χ3n) is 2.63. The number of primary amides is 1. The van der Waals surface area contributed by atoms with Gasteiger partial charge in [0.1, 0.15) is 5.54 Å². The van der Waals surface area contributed by atoms with Gasteiger partial charge in [0.15, 0.2) is 5.82 Å². The van der Waals surface area contributed by atoms with Crippen LogP contribution in [-0.2, 0) is 10.3 Å². The molecule has 0 fully saturated rings. The molecule has 0 aliphatic carbocycles. The number of nitrogens with zero attached hydrogens (tertiary/aromatic N) is 4. The standard InChI is InChI=1S/C11H13N5O/c1-11(2,10(12)17)16-9(13-14-15-16)8-6-4-3-5-7-8/h3-7H,1-2H3,(H2,12,17). The Balaban J connectivity index is 2.53. The SMILES string of the molecule is CC(C)(C(N)=O)n1nnnc1-c1ccccc1. The van der Waals surface area contributed by atoms with Crippen LogP contribution < -0.4 is 5.73 Å². The Hall–Kier alpha value is -2.24. The number of hydrogen-bond donors (Lipinski definition) is 1. The number of hydrogen-bond acceptors (Lipinski definition) is 4. The van der Waals surface area contributed by atoms with Crippen molar-refractivity contribution in [1.29, 1.82) is 0 Å². The highest BCUT2D eigenvalue weighted by Gasteiger charge is 2.31. The van der Waals surface area contributed by atoms with Crippen molar-refractivity contribution in [3.63, 3.8) is 0 Å². The summed E-state index contributed by atoms with van der Waals surface area (Å²) in [5.74, 6) is 0.0383. The highest BCUT2D eigenvalue weighted by Crippen LogP contribution is 2.21. The van der Waals surface area contributed by atoms with E-state index in [0.717, 1.165) is 5.56 Å². The van der Waals surface area contributed by atoms with Gasteiger partial charge in [-0.05, 0) is 24.3 Å². The molecule has 1 heterocycles. The third kappa shape index (κ3) is 1.89. The zero-order chi connectivity index (χ0) is 12.5. The van der Waals surface area contributed by atoms with Crippen molar-refractivity contribution in [1.82, 2.24) is 20.2 Å². The molecule has 1 amide bonds. The quantitative estimate of drug-likeness (QED) is 0.836. The minimum Gasteiger partial charge on any atom is -0.368 e. The number of tetrazole rings is 1. The van der Waals surface area contributed by atoms with Crippen LogP contribution in [0.25, 0.3) is 11.4 Å². The average Bonchev–Trinajstić information content (AvgIpc) is 2.79. The molecule has 1 aromatic carbocycles. The van der Waals surface area contributed by atoms with Crippen LogP contribution in [-0.4, -0.2) is 26.1 Å². The Kier molecular flexibility index (Phi) is 2.63. The van der Waals surface area contributed by atoms with Gasteiger partial charge in [-0.1, -0.05) is 30.3 Å². The van der Waals surface area contributed by atoms with E-state index in [4.69, 9.17) is 5.73 Å². The van der Waals surface area contributed by atoms with Gasteiger partial charge in [-0.25, -0.2) is 4.68 Å². The average molecular weight is 231 g/mol. The number of aromatic nitrogens is 4. The molecule has 2 aromatic rings. The van der Waals surface area contributed by atoms with Gasteiger partial charge in [0.2, 0.25) is 5.91 Å². The van der Waals surface area contributed by atoms with Crippen molar-refractivity contribution >= 4 is 5.91 Å². The van der Waals surface area contributed by atoms with Crippen LogP contribution in [0.5, 0.6) is 0 Å². The normalized spacial score (nSPS) is 11.4. The first-order valence-corrected chi connectivity index (χ1v) is 5.17. The largest absolute Gasteiger partial charge is 0.368 e. The fraction of sp³-hybridized carbons (Fsp3) is 0.273. The summed E-state index contributed by atoms with van der Waals surface area (Å²) in [6.07, 6.45) is 0. The molecule has 0 bridgehead atoms. The monoisotopic (exact) mass is 231 g/mol. The summed E-state index contributed by atoms with van der Waals surface area (Å²) in [6.45, 7) is 3.36. The number of amides is 1. The molecular weight excluding hydrogens is 218 g/mol. The number of carbonyl (C=O) groups excluding carboxylic acids is 1. The van der Waals surface area contributed by atoms with Crippen LogP contribution in [0.2, 0.25) is 0 Å². The Morgan fingerprint density at radius 3 is 2.53 bits per heavy atom. The van der Waals surface area contributed by atoms with Gasteiger partial charge in [-0.15, -0.1) is 5.10 Å². The predicted octanol–water partition coefficient (Wildman–Crippen LogP) is 0.560. The van der Waals surface area contributed by atoms with Crippen LogP contribution in [0.15, 0.2) is 30.3 Å². The van der Waals surface area contributed by atoms with Gasteiger partial charge in [0.05, 0.1) is 0 Å². The summed E-state index contributed by atoms with van der Waals surface area (Å²) in [5, 5.41) is 11.4. The van der Waals surface area contributed by atoms with Crippen LogP contribution in [0.4, 0.5) is 0 Å². The molecule has 2 rings (SSSR count). The molecule has 17 heavy (non-hydrogen) atoms. The molecule has 0 aliphatic heterocycles. The zero-order valence-electron chi connectivity index (χ0n) is 9.66. The zero-order valence-corrected chi connectivity index (χ0v) is 9.66. The Morgan fingerprint density at radius 2 is 1.94 bits per heavy atom. The molecule has 88 valence electrons. The molecule has 1 aromatic heterocycles. The third-order valence-corrected chi connectivity index (χ3v) is 2.63. The maximum Gasteiger partial charge on any atom is 0.244 e. The second-order valence-electron chi connectivity index (χ2n) is 4.20. The molecule has 0 saturated carbocycles. The van der Waals surface area contributed by atoms with Crippen molar-refractivity contribution in [3.8, 4) is 11.4 Å². The number of rotatable bonds is 3. The van der Waals surface area contributed by atoms with E-state index in [0.29, 0.717) is 5.82 Å². The lowest BCUT2D eigenvalue weighted by Gasteiger charge is -2.21. The van der Waals surface area contributed by atoms with E-state index < -0.39 is 11.4 Å². The van der Waals surface area contributed by atoms with Crippen LogP contribution in [0.1, 0.15) is 13.8 Å². The molecule has 0 unspecified atom stereocenters. The van der Waals surface area contributed by atoms with E-state index in [1.807, 2.05) is 30.3 Å². The fourth-order valence-corrected chi connectivity index (χ4v) is 1.44. The predicted molar refractivity (Wildman–Crippen MR) is 61.8 cm³/mol. The molecule has 2 N–H and O–H groups in total. The molecule has 0 atom stereocenters. The Labute approximate surface area is 98.4 Å². The lowest BCUT2D eigenvalue weighted by atomic mass is 10.0. The summed E-state index contributed by atoms with van der Waals surface area (Å²) < 4.78 is 1.44. The highest BCUT2D eigenvalue weighted by atomic mass is 16.1. The molecule has 0 radical (unpaired) electrons. The van der Waals surface area contributed by atoms with Crippen LogP contribution in [0.3, 0.4) is 0 Å². The number of nitrogens with two attached hydrogens (primary N) is 1. The van der Waals surface area contributed by atoms with Crippen molar-refractivity contribution in [3.05, 3.63) is 30.3 Å². The first-order chi connectivity index (χ1) is 8.03. The van der Waals surface area contributed by atoms with Crippen molar-refractivity contribution in [2.45, 2.75) is 19.4 Å². The lowest BCUT2D eigenvalue weighted by Crippen LogP contribution is -2.42. The van der Waals surface area contributed by atoms with E-state index in [-0.39, 0.29) is 0 Å². The van der Waals surface area contributed by atoms with Crippen molar-refractivity contribution in [2.24, 2.45) is 5.73 Å². The maximum atomic E-state index is 11.4. The Morgan fingerprint density at radius 1 is 1.29 bits per heavy atom. The van der Waals surface area contributed by atoms with E-state index in [9.17, 15) is 4.79 Å². The second kappa shape index (κ2) is 3.97. The van der Waals surface area contributed by atoms with Crippen molar-refractivity contribution in [2.75, 3.05) is 0 Å². The highest BCUT2D eigenvalue weighted by molar-refractivity contribution is 5.82. The van der Waals surface area contributed by atoms with Gasteiger partial charge in [0.25, 0.3) is 0 Å². The fourth-order valence-electron chi connectivity index (χ4n) is 1.44. The minimum atomic E-state index is -0.964. The van der Waals surface area contributed by atoms with Crippen molar-refractivity contribution < 1.29 is 4.79 Å². The van der Waals surface area contributed by atoms with E-state index in [2.05, 4.69) is 15.5 Å². The van der Waals surface area contributed by atoms with Crippen LogP contribution >= 0.6 is 0 Å². The lowest BCUT2D eigenvalue weighted by molar-refractivity contribution is -0.125. The van der Waals surface area contributed by atoms with Gasteiger partial charge in [0, 0.05) is 5.56 Å². The first kappa shape index (κ1) is 11.3. The van der Waals surface area contributed by atoms with Gasteiger partial charge < -0.3 is 5.73 Å². The van der Waals surface area contributed by atoms with E-state index >= 15 is 0 Å².